The van der Waals surface area contributed by atoms with Crippen LogP contribution in [0.1, 0.15) is 37.5 Å². The van der Waals surface area contributed by atoms with E-state index in [1.54, 1.807) is 0 Å². The molecule has 14 heavy (non-hydrogen) atoms. The van der Waals surface area contributed by atoms with E-state index in [2.05, 4.69) is 55.6 Å². The molecule has 0 aliphatic rings. The summed E-state index contributed by atoms with van der Waals surface area (Å²) in [4.78, 5) is 1.48. The van der Waals surface area contributed by atoms with Crippen LogP contribution in [0.4, 0.5) is 0 Å². The van der Waals surface area contributed by atoms with Gasteiger partial charge in [-0.1, -0.05) is 44.2 Å². The summed E-state index contributed by atoms with van der Waals surface area (Å²) in [6, 6.07) is 12.7. The summed E-state index contributed by atoms with van der Waals surface area (Å²) >= 11 is 1.85. The van der Waals surface area contributed by atoms with Crippen LogP contribution in [0.25, 0.3) is 0 Å². The maximum Gasteiger partial charge on any atom is 0.00756 e. The first kappa shape index (κ1) is 11.3. The standard InChI is InChI=1S/C13H18S/c1-3-12(4-2)13-10-8-6-5-7-9-11-14-13/h5-12H,3-4H2,1-2H3. The molecule has 1 heteroatoms. The summed E-state index contributed by atoms with van der Waals surface area (Å²) in [7, 11) is 0. The molecule has 1 aromatic heterocycles. The fraction of sp³-hybridized carbons (Fsp3) is 0.385. The quantitative estimate of drug-likeness (QED) is 0.668. The summed E-state index contributed by atoms with van der Waals surface area (Å²) in [5.41, 5.74) is 0. The number of hydrogen-bond acceptors (Lipinski definition) is 1. The van der Waals surface area contributed by atoms with Gasteiger partial charge in [0.15, 0.2) is 0 Å². The van der Waals surface area contributed by atoms with Gasteiger partial charge in [-0.2, -0.15) is 0 Å². The Labute approximate surface area is 90.9 Å². The molecule has 76 valence electrons. The van der Waals surface area contributed by atoms with Crippen LogP contribution in [-0.2, 0) is 0 Å². The van der Waals surface area contributed by atoms with Gasteiger partial charge in [0.25, 0.3) is 0 Å². The van der Waals surface area contributed by atoms with Crippen LogP contribution in [0.15, 0.2) is 41.8 Å². The van der Waals surface area contributed by atoms with Crippen LogP contribution < -0.4 is 0 Å². The topological polar surface area (TPSA) is 0 Å². The Morgan fingerprint density at radius 3 is 2.36 bits per heavy atom. The summed E-state index contributed by atoms with van der Waals surface area (Å²) in [5.74, 6) is 0.715. The molecule has 0 aromatic carbocycles. The first-order chi connectivity index (χ1) is 6.88. The van der Waals surface area contributed by atoms with E-state index in [0.717, 1.165) is 0 Å². The lowest BCUT2D eigenvalue weighted by atomic mass is 10.0. The van der Waals surface area contributed by atoms with E-state index in [1.165, 1.54) is 17.7 Å². The second-order valence-corrected chi connectivity index (χ2v) is 4.28. The van der Waals surface area contributed by atoms with Crippen LogP contribution >= 0.6 is 11.3 Å². The zero-order valence-corrected chi connectivity index (χ0v) is 9.76. The van der Waals surface area contributed by atoms with Crippen molar-refractivity contribution in [3.8, 4) is 0 Å². The Hall–Kier alpha value is -0.820. The van der Waals surface area contributed by atoms with Crippen LogP contribution in [0.2, 0.25) is 0 Å². The third kappa shape index (κ3) is 3.51. The van der Waals surface area contributed by atoms with E-state index < -0.39 is 0 Å². The van der Waals surface area contributed by atoms with Crippen molar-refractivity contribution in [3.63, 3.8) is 0 Å². The van der Waals surface area contributed by atoms with Gasteiger partial charge in [0.1, 0.15) is 0 Å². The molecule has 1 aromatic rings. The second kappa shape index (κ2) is 6.61. The number of rotatable bonds is 3. The third-order valence-corrected chi connectivity index (χ3v) is 3.41. The minimum absolute atomic E-state index is 0.715. The lowest BCUT2D eigenvalue weighted by Crippen LogP contribution is -1.91. The molecule has 1 heterocycles. The molecule has 0 bridgehead atoms. The Balaban J connectivity index is 3.03. The summed E-state index contributed by atoms with van der Waals surface area (Å²) in [5, 5.41) is 2.16. The van der Waals surface area contributed by atoms with E-state index in [1.807, 2.05) is 11.3 Å². The van der Waals surface area contributed by atoms with E-state index in [-0.39, 0.29) is 0 Å². The SMILES string of the molecule is CCC(CC)c1cccccccs1. The lowest BCUT2D eigenvalue weighted by Gasteiger charge is -2.09. The molecule has 0 amide bonds. The predicted molar refractivity (Wildman–Crippen MR) is 65.3 cm³/mol. The Morgan fingerprint density at radius 1 is 1.00 bits per heavy atom. The molecule has 0 atom stereocenters. The molecule has 0 N–H and O–H groups in total. The van der Waals surface area contributed by atoms with Crippen molar-refractivity contribution in [3.05, 3.63) is 46.7 Å². The molecule has 0 fully saturated rings. The summed E-state index contributed by atoms with van der Waals surface area (Å²) in [6.45, 7) is 4.52. The van der Waals surface area contributed by atoms with E-state index in [9.17, 15) is 0 Å². The van der Waals surface area contributed by atoms with Crippen LogP contribution in [0.5, 0.6) is 0 Å². The molecule has 0 saturated heterocycles. The zero-order valence-electron chi connectivity index (χ0n) is 8.94. The van der Waals surface area contributed by atoms with Gasteiger partial charge in [0.05, 0.1) is 0 Å². The van der Waals surface area contributed by atoms with Crippen molar-refractivity contribution in [2.75, 3.05) is 0 Å². The molecule has 0 radical (unpaired) electrons. The van der Waals surface area contributed by atoms with Crippen molar-refractivity contribution in [2.24, 2.45) is 0 Å². The maximum absolute atomic E-state index is 2.26. The third-order valence-electron chi connectivity index (χ3n) is 2.38. The minimum Gasteiger partial charge on any atom is -0.149 e. The Bertz CT molecular complexity index is 272. The average molecular weight is 206 g/mol. The van der Waals surface area contributed by atoms with Gasteiger partial charge in [0.2, 0.25) is 0 Å². The minimum atomic E-state index is 0.715. The zero-order chi connectivity index (χ0) is 10.2. The van der Waals surface area contributed by atoms with Crippen molar-refractivity contribution in [2.45, 2.75) is 32.6 Å². The van der Waals surface area contributed by atoms with Crippen LogP contribution in [0.3, 0.4) is 0 Å². The van der Waals surface area contributed by atoms with Gasteiger partial charge < -0.3 is 0 Å². The molecular weight excluding hydrogens is 188 g/mol. The molecule has 0 nitrogen and oxygen atoms in total. The molecule has 0 unspecified atom stereocenters. The molecule has 0 aliphatic heterocycles. The van der Waals surface area contributed by atoms with Gasteiger partial charge in [-0.3, -0.25) is 0 Å². The van der Waals surface area contributed by atoms with Gasteiger partial charge in [-0.15, -0.1) is 11.3 Å². The highest BCUT2D eigenvalue weighted by Crippen LogP contribution is 2.24. The van der Waals surface area contributed by atoms with Gasteiger partial charge in [0, 0.05) is 4.88 Å². The highest BCUT2D eigenvalue weighted by Gasteiger charge is 2.04. The van der Waals surface area contributed by atoms with Gasteiger partial charge in [-0.05, 0) is 30.2 Å². The molecule has 0 spiro atoms. The molecule has 0 saturated carbocycles. The van der Waals surface area contributed by atoms with Crippen LogP contribution in [-0.4, -0.2) is 0 Å². The highest BCUT2D eigenvalue weighted by molar-refractivity contribution is 7.09. The maximum atomic E-state index is 2.26. The van der Waals surface area contributed by atoms with E-state index in [0.29, 0.717) is 5.92 Å². The van der Waals surface area contributed by atoms with E-state index >= 15 is 0 Å². The Morgan fingerprint density at radius 2 is 1.64 bits per heavy atom. The monoisotopic (exact) mass is 206 g/mol. The van der Waals surface area contributed by atoms with Crippen molar-refractivity contribution < 1.29 is 0 Å². The van der Waals surface area contributed by atoms with Crippen molar-refractivity contribution in [1.82, 2.24) is 0 Å². The van der Waals surface area contributed by atoms with Gasteiger partial charge in [-0.25, -0.2) is 0 Å². The first-order valence-electron chi connectivity index (χ1n) is 5.25. The first-order valence-corrected chi connectivity index (χ1v) is 6.13. The van der Waals surface area contributed by atoms with Crippen molar-refractivity contribution >= 4 is 11.3 Å². The molecule has 0 aliphatic carbocycles. The van der Waals surface area contributed by atoms with Crippen LogP contribution in [0, 0.1) is 0 Å². The number of hydrogen-bond donors (Lipinski definition) is 0. The second-order valence-electron chi connectivity index (χ2n) is 3.30. The normalized spacial score (nSPS) is 9.93. The molecule has 1 rings (SSSR count). The fourth-order valence-corrected chi connectivity index (χ4v) is 2.48. The Kier molecular flexibility index (Phi) is 5.31. The van der Waals surface area contributed by atoms with E-state index in [4.69, 9.17) is 0 Å². The summed E-state index contributed by atoms with van der Waals surface area (Å²) < 4.78 is 0. The average Bonchev–Trinajstić information content (AvgIpc) is 2.34. The van der Waals surface area contributed by atoms with Crippen molar-refractivity contribution in [1.29, 1.82) is 0 Å². The smallest absolute Gasteiger partial charge is 0.00756 e. The lowest BCUT2D eigenvalue weighted by molar-refractivity contribution is 0.652. The highest BCUT2D eigenvalue weighted by atomic mass is 32.1. The largest absolute Gasteiger partial charge is 0.149 e. The predicted octanol–water partition coefficient (Wildman–Crippen LogP) is 4.78. The van der Waals surface area contributed by atoms with Gasteiger partial charge >= 0.3 is 0 Å². The molecular formula is C13H18S. The summed E-state index contributed by atoms with van der Waals surface area (Å²) in [6.07, 6.45) is 2.45. The fourth-order valence-electron chi connectivity index (χ4n) is 1.47.